The van der Waals surface area contributed by atoms with Gasteiger partial charge in [0.25, 0.3) is 0 Å². The Morgan fingerprint density at radius 1 is 1.35 bits per heavy atom. The molecule has 0 aliphatic carbocycles. The molecule has 0 saturated carbocycles. The van der Waals surface area contributed by atoms with Crippen molar-refractivity contribution in [2.24, 2.45) is 5.73 Å². The van der Waals surface area contributed by atoms with Crippen molar-refractivity contribution < 1.29 is 5.11 Å². The molecule has 4 nitrogen and oxygen atoms in total. The molecule has 0 fully saturated rings. The lowest BCUT2D eigenvalue weighted by molar-refractivity contribution is 0.470. The number of para-hydroxylation sites is 2. The lowest BCUT2D eigenvalue weighted by atomic mass is 10.2. The van der Waals surface area contributed by atoms with Gasteiger partial charge in [0.2, 0.25) is 0 Å². The van der Waals surface area contributed by atoms with E-state index >= 15 is 0 Å². The second-order valence-corrected chi connectivity index (χ2v) is 4.11. The van der Waals surface area contributed by atoms with Crippen molar-refractivity contribution in [3.8, 4) is 11.4 Å². The molecule has 0 aliphatic rings. The molecule has 0 unspecified atom stereocenters. The molecule has 3 N–H and O–H groups in total. The van der Waals surface area contributed by atoms with Crippen LogP contribution < -0.4 is 5.73 Å². The Hall–Kier alpha value is -1.52. The van der Waals surface area contributed by atoms with E-state index in [2.05, 4.69) is 5.10 Å². The summed E-state index contributed by atoms with van der Waals surface area (Å²) in [6.07, 6.45) is 3.37. The van der Waals surface area contributed by atoms with E-state index in [0.29, 0.717) is 17.4 Å². The highest BCUT2D eigenvalue weighted by atomic mass is 35.5. The summed E-state index contributed by atoms with van der Waals surface area (Å²) in [5.74, 6) is 0.155. The maximum atomic E-state index is 9.73. The number of nitrogens with two attached hydrogens (primary N) is 1. The van der Waals surface area contributed by atoms with E-state index in [0.717, 1.165) is 18.4 Å². The summed E-state index contributed by atoms with van der Waals surface area (Å²) >= 11 is 6.22. The van der Waals surface area contributed by atoms with Crippen molar-refractivity contribution in [1.82, 2.24) is 9.78 Å². The normalized spacial score (nSPS) is 10.7. The van der Waals surface area contributed by atoms with Crippen LogP contribution in [0.5, 0.6) is 5.75 Å². The minimum Gasteiger partial charge on any atom is -0.506 e. The van der Waals surface area contributed by atoms with E-state index in [9.17, 15) is 5.11 Å². The van der Waals surface area contributed by atoms with Crippen LogP contribution in [-0.4, -0.2) is 21.4 Å². The number of hydrogen-bond acceptors (Lipinski definition) is 3. The summed E-state index contributed by atoms with van der Waals surface area (Å²) < 4.78 is 1.53. The first-order chi connectivity index (χ1) is 8.24. The van der Waals surface area contributed by atoms with E-state index < -0.39 is 0 Å². The van der Waals surface area contributed by atoms with E-state index in [1.165, 1.54) is 4.68 Å². The van der Waals surface area contributed by atoms with Crippen LogP contribution in [0.1, 0.15) is 12.0 Å². The molecule has 0 atom stereocenters. The number of hydrogen-bond donors (Lipinski definition) is 2. The fourth-order valence-electron chi connectivity index (χ4n) is 1.64. The average Bonchev–Trinajstić information content (AvgIpc) is 2.69. The van der Waals surface area contributed by atoms with Crippen LogP contribution in [-0.2, 0) is 6.42 Å². The van der Waals surface area contributed by atoms with Crippen LogP contribution in [0, 0.1) is 0 Å². The predicted molar refractivity (Wildman–Crippen MR) is 67.6 cm³/mol. The van der Waals surface area contributed by atoms with Gasteiger partial charge in [-0.05, 0) is 31.5 Å². The molecule has 2 aromatic rings. The van der Waals surface area contributed by atoms with E-state index in [-0.39, 0.29) is 5.75 Å². The number of aromatic nitrogens is 2. The summed E-state index contributed by atoms with van der Waals surface area (Å²) in [4.78, 5) is 0. The van der Waals surface area contributed by atoms with Gasteiger partial charge in [-0.15, -0.1) is 0 Å². The van der Waals surface area contributed by atoms with Gasteiger partial charge in [-0.25, -0.2) is 4.68 Å². The molecule has 0 saturated heterocycles. The van der Waals surface area contributed by atoms with Crippen molar-refractivity contribution in [3.05, 3.63) is 41.2 Å². The first-order valence-electron chi connectivity index (χ1n) is 5.45. The van der Waals surface area contributed by atoms with Crippen LogP contribution in [0.25, 0.3) is 5.69 Å². The van der Waals surface area contributed by atoms with Crippen molar-refractivity contribution in [1.29, 1.82) is 0 Å². The van der Waals surface area contributed by atoms with E-state index in [1.807, 2.05) is 6.07 Å². The zero-order valence-electron chi connectivity index (χ0n) is 9.31. The van der Waals surface area contributed by atoms with Crippen LogP contribution in [0.3, 0.4) is 0 Å². The molecule has 0 bridgehead atoms. The number of benzene rings is 1. The van der Waals surface area contributed by atoms with E-state index in [1.54, 1.807) is 24.4 Å². The van der Waals surface area contributed by atoms with Gasteiger partial charge in [0.15, 0.2) is 0 Å². The summed E-state index contributed by atoms with van der Waals surface area (Å²) in [5.41, 5.74) is 6.98. The molecule has 0 radical (unpaired) electrons. The first kappa shape index (κ1) is 12.0. The van der Waals surface area contributed by atoms with Gasteiger partial charge in [0, 0.05) is 5.56 Å². The Morgan fingerprint density at radius 2 is 2.12 bits per heavy atom. The van der Waals surface area contributed by atoms with Crippen molar-refractivity contribution in [2.75, 3.05) is 6.54 Å². The largest absolute Gasteiger partial charge is 0.506 e. The second kappa shape index (κ2) is 5.21. The first-order valence-corrected chi connectivity index (χ1v) is 5.82. The predicted octanol–water partition coefficient (Wildman–Crippen LogP) is 2.12. The smallest absolute Gasteiger partial charge is 0.141 e. The molecule has 1 aromatic carbocycles. The molecule has 0 aliphatic heterocycles. The van der Waals surface area contributed by atoms with Crippen LogP contribution in [0.15, 0.2) is 30.5 Å². The Kier molecular flexibility index (Phi) is 3.66. The Bertz CT molecular complexity index is 510. The number of nitrogens with zero attached hydrogens (tertiary/aromatic N) is 2. The van der Waals surface area contributed by atoms with Gasteiger partial charge >= 0.3 is 0 Å². The van der Waals surface area contributed by atoms with Crippen LogP contribution in [0.4, 0.5) is 0 Å². The lowest BCUT2D eigenvalue weighted by Gasteiger charge is -2.05. The summed E-state index contributed by atoms with van der Waals surface area (Å²) in [6.45, 7) is 0.623. The maximum absolute atomic E-state index is 9.73. The molecular weight excluding hydrogens is 238 g/mol. The molecule has 5 heteroatoms. The van der Waals surface area contributed by atoms with Crippen LogP contribution in [0.2, 0.25) is 5.15 Å². The Labute approximate surface area is 105 Å². The van der Waals surface area contributed by atoms with Gasteiger partial charge in [0.05, 0.1) is 6.20 Å². The fraction of sp³-hybridized carbons (Fsp3) is 0.250. The molecule has 2 rings (SSSR count). The molecule has 90 valence electrons. The van der Waals surface area contributed by atoms with Gasteiger partial charge in [-0.3, -0.25) is 0 Å². The third-order valence-corrected chi connectivity index (χ3v) is 2.94. The van der Waals surface area contributed by atoms with Crippen molar-refractivity contribution >= 4 is 11.6 Å². The highest BCUT2D eigenvalue weighted by Gasteiger charge is 2.11. The number of halogens is 1. The number of phenols is 1. The van der Waals surface area contributed by atoms with Gasteiger partial charge in [0.1, 0.15) is 16.6 Å². The zero-order valence-corrected chi connectivity index (χ0v) is 10.1. The minimum absolute atomic E-state index is 0.155. The standard InChI is InChI=1S/C12H14ClN3O/c13-12-9(4-3-7-14)8-15-16(12)10-5-1-2-6-11(10)17/h1-2,5-6,8,17H,3-4,7,14H2. The van der Waals surface area contributed by atoms with Gasteiger partial charge in [-0.2, -0.15) is 5.10 Å². The SMILES string of the molecule is NCCCc1cnn(-c2ccccc2O)c1Cl. The summed E-state index contributed by atoms with van der Waals surface area (Å²) in [5, 5.41) is 14.4. The summed E-state index contributed by atoms with van der Waals surface area (Å²) in [7, 11) is 0. The number of aryl methyl sites for hydroxylation is 1. The molecule has 1 heterocycles. The molecule has 0 spiro atoms. The number of aromatic hydroxyl groups is 1. The molecular formula is C12H14ClN3O. The summed E-state index contributed by atoms with van der Waals surface area (Å²) in [6, 6.07) is 6.95. The zero-order chi connectivity index (χ0) is 12.3. The number of phenolic OH excluding ortho intramolecular Hbond substituents is 1. The van der Waals surface area contributed by atoms with Gasteiger partial charge in [-0.1, -0.05) is 23.7 Å². The molecule has 0 amide bonds. The fourth-order valence-corrected chi connectivity index (χ4v) is 1.92. The quantitative estimate of drug-likeness (QED) is 0.875. The maximum Gasteiger partial charge on any atom is 0.141 e. The van der Waals surface area contributed by atoms with Crippen LogP contribution >= 0.6 is 11.6 Å². The monoisotopic (exact) mass is 251 g/mol. The third-order valence-electron chi connectivity index (χ3n) is 2.54. The van der Waals surface area contributed by atoms with Gasteiger partial charge < -0.3 is 10.8 Å². The topological polar surface area (TPSA) is 64.1 Å². The van der Waals surface area contributed by atoms with E-state index in [4.69, 9.17) is 17.3 Å². The average molecular weight is 252 g/mol. The van der Waals surface area contributed by atoms with Crippen molar-refractivity contribution in [2.45, 2.75) is 12.8 Å². The lowest BCUT2D eigenvalue weighted by Crippen LogP contribution is -2.00. The van der Waals surface area contributed by atoms with Crippen molar-refractivity contribution in [3.63, 3.8) is 0 Å². The second-order valence-electron chi connectivity index (χ2n) is 3.75. The highest BCUT2D eigenvalue weighted by Crippen LogP contribution is 2.26. The minimum atomic E-state index is 0.155. The Morgan fingerprint density at radius 3 is 2.82 bits per heavy atom. The highest BCUT2D eigenvalue weighted by molar-refractivity contribution is 6.30. The third kappa shape index (κ3) is 2.43. The molecule has 1 aromatic heterocycles. The Balaban J connectivity index is 2.34. The molecule has 17 heavy (non-hydrogen) atoms. The number of rotatable bonds is 4.